The van der Waals surface area contributed by atoms with Gasteiger partial charge in [-0.05, 0) is 51.0 Å². The Morgan fingerprint density at radius 1 is 0.300 bits per heavy atom. The highest BCUT2D eigenvalue weighted by Gasteiger charge is 2.00. The third-order valence-electron chi connectivity index (χ3n) is 8.69. The zero-order valence-electron chi connectivity index (χ0n) is 26.9. The molecule has 2 rings (SSSR count). The summed E-state index contributed by atoms with van der Waals surface area (Å²) in [5, 5.41) is 0. The average Bonchev–Trinajstić information content (AvgIpc) is 3.57. The molecule has 0 saturated heterocycles. The molecule has 0 spiro atoms. The Morgan fingerprint density at radius 3 is 0.675 bits per heavy atom. The second-order valence-electron chi connectivity index (χ2n) is 12.7. The van der Waals surface area contributed by atoms with Gasteiger partial charge in [0, 0.05) is 12.8 Å². The summed E-state index contributed by atoms with van der Waals surface area (Å²) in [6.45, 7) is 4.06. The molecule has 0 aliphatic carbocycles. The molecule has 230 valence electrons. The van der Waals surface area contributed by atoms with Crippen LogP contribution in [0.25, 0.3) is 0 Å². The van der Waals surface area contributed by atoms with Crippen LogP contribution < -0.4 is 0 Å². The number of hydrogen-bond acceptors (Lipinski definition) is 2. The molecule has 0 bridgehead atoms. The Labute approximate surface area is 249 Å². The van der Waals surface area contributed by atoms with Crippen LogP contribution in [0, 0.1) is 13.8 Å². The first-order chi connectivity index (χ1) is 19.7. The van der Waals surface area contributed by atoms with Gasteiger partial charge in [-0.25, -0.2) is 0 Å². The molecule has 0 N–H and O–H groups in total. The maximum atomic E-state index is 5.65. The van der Waals surface area contributed by atoms with Crippen molar-refractivity contribution >= 4 is 0 Å². The fourth-order valence-electron chi connectivity index (χ4n) is 6.08. The maximum Gasteiger partial charge on any atom is 0.104 e. The van der Waals surface area contributed by atoms with Gasteiger partial charge in [-0.1, -0.05) is 154 Å². The van der Waals surface area contributed by atoms with Crippen molar-refractivity contribution in [2.45, 2.75) is 194 Å². The molecule has 0 unspecified atom stereocenters. The first-order valence-corrected chi connectivity index (χ1v) is 17.8. The summed E-state index contributed by atoms with van der Waals surface area (Å²) in [5.74, 6) is 4.42. The second-order valence-corrected chi connectivity index (χ2v) is 12.7. The first-order valence-electron chi connectivity index (χ1n) is 17.8. The molecule has 40 heavy (non-hydrogen) atoms. The molecular formula is C38H66O2. The summed E-state index contributed by atoms with van der Waals surface area (Å²) in [6.07, 6.45) is 39.5. The van der Waals surface area contributed by atoms with Crippen molar-refractivity contribution in [2.75, 3.05) is 0 Å². The molecule has 0 aromatic carbocycles. The monoisotopic (exact) mass is 555 g/mol. The Balaban J connectivity index is 1.15. The molecular weight excluding hydrogens is 488 g/mol. The van der Waals surface area contributed by atoms with Gasteiger partial charge in [0.2, 0.25) is 0 Å². The van der Waals surface area contributed by atoms with Gasteiger partial charge in [-0.2, -0.15) is 0 Å². The Bertz CT molecular complexity index is 719. The molecule has 0 amide bonds. The van der Waals surface area contributed by atoms with E-state index in [0.29, 0.717) is 0 Å². The van der Waals surface area contributed by atoms with Crippen molar-refractivity contribution < 1.29 is 8.83 Å². The van der Waals surface area contributed by atoms with Gasteiger partial charge in [0.15, 0.2) is 0 Å². The van der Waals surface area contributed by atoms with Gasteiger partial charge >= 0.3 is 0 Å². The van der Waals surface area contributed by atoms with E-state index in [1.807, 2.05) is 13.8 Å². The van der Waals surface area contributed by atoms with Gasteiger partial charge in [0.1, 0.15) is 23.0 Å². The number of unbranched alkanes of at least 4 members (excludes halogenated alkanes) is 25. The van der Waals surface area contributed by atoms with Crippen LogP contribution >= 0.6 is 0 Å². The van der Waals surface area contributed by atoms with E-state index < -0.39 is 0 Å². The lowest BCUT2D eigenvalue weighted by Crippen LogP contribution is -1.86. The molecule has 2 aromatic rings. The van der Waals surface area contributed by atoms with Crippen LogP contribution in [0.15, 0.2) is 33.1 Å². The summed E-state index contributed by atoms with van der Waals surface area (Å²) < 4.78 is 11.3. The van der Waals surface area contributed by atoms with Gasteiger partial charge in [0.05, 0.1) is 0 Å². The highest BCUT2D eigenvalue weighted by molar-refractivity contribution is 5.06. The lowest BCUT2D eigenvalue weighted by Gasteiger charge is -2.04. The molecule has 0 aliphatic heterocycles. The third-order valence-corrected chi connectivity index (χ3v) is 8.69. The predicted octanol–water partition coefficient (Wildman–Crippen LogP) is 13.4. The van der Waals surface area contributed by atoms with Gasteiger partial charge in [0.25, 0.3) is 0 Å². The highest BCUT2D eigenvalue weighted by atomic mass is 16.3. The quantitative estimate of drug-likeness (QED) is 0.0935. The SMILES string of the molecule is Cc1ccc(CCCCCCCCCCCCCCCCCCCCCCCCCCCCc2ccc(C)o2)o1. The normalized spacial score (nSPS) is 11.6. The van der Waals surface area contributed by atoms with E-state index in [4.69, 9.17) is 8.83 Å². The summed E-state index contributed by atoms with van der Waals surface area (Å²) in [6, 6.07) is 8.43. The third kappa shape index (κ3) is 20.4. The molecule has 2 aromatic heterocycles. The standard InChI is InChI=1S/C38H66O2/c1-35-31-33-37(39-35)29-27-25-23-21-19-17-15-13-11-9-7-5-3-4-6-8-10-12-14-16-18-20-22-24-26-28-30-38-34-32-36(2)40-38/h31-34H,3-30H2,1-2H3. The molecule has 0 atom stereocenters. The minimum atomic E-state index is 1.04. The first kappa shape index (κ1) is 34.8. The van der Waals surface area contributed by atoms with E-state index in [1.165, 1.54) is 178 Å². The van der Waals surface area contributed by atoms with Crippen LogP contribution in [0.1, 0.15) is 190 Å². The summed E-state index contributed by atoms with van der Waals surface area (Å²) in [5.41, 5.74) is 0. The van der Waals surface area contributed by atoms with E-state index in [9.17, 15) is 0 Å². The van der Waals surface area contributed by atoms with Crippen molar-refractivity contribution in [2.24, 2.45) is 0 Å². The lowest BCUT2D eigenvalue weighted by molar-refractivity contribution is 0.468. The van der Waals surface area contributed by atoms with Crippen molar-refractivity contribution in [1.29, 1.82) is 0 Å². The predicted molar refractivity (Wildman–Crippen MR) is 174 cm³/mol. The van der Waals surface area contributed by atoms with Crippen LogP contribution in [-0.2, 0) is 12.8 Å². The largest absolute Gasteiger partial charge is 0.466 e. The van der Waals surface area contributed by atoms with E-state index in [1.54, 1.807) is 0 Å². The number of furan rings is 2. The van der Waals surface area contributed by atoms with E-state index in [0.717, 1.165) is 24.4 Å². The molecule has 0 saturated carbocycles. The molecule has 0 aliphatic rings. The Hall–Kier alpha value is -1.44. The molecule has 2 heteroatoms. The Morgan fingerprint density at radius 2 is 0.500 bits per heavy atom. The fourth-order valence-corrected chi connectivity index (χ4v) is 6.08. The molecule has 2 nitrogen and oxygen atoms in total. The maximum absolute atomic E-state index is 5.65. The smallest absolute Gasteiger partial charge is 0.104 e. The number of rotatable bonds is 29. The number of aryl methyl sites for hydroxylation is 4. The van der Waals surface area contributed by atoms with E-state index in [-0.39, 0.29) is 0 Å². The second kappa shape index (κ2) is 25.3. The van der Waals surface area contributed by atoms with Crippen LogP contribution in [0.3, 0.4) is 0 Å². The molecule has 0 radical (unpaired) electrons. The van der Waals surface area contributed by atoms with E-state index in [2.05, 4.69) is 24.3 Å². The average molecular weight is 555 g/mol. The van der Waals surface area contributed by atoms with Crippen molar-refractivity contribution in [3.05, 3.63) is 47.3 Å². The van der Waals surface area contributed by atoms with Crippen molar-refractivity contribution in [3.8, 4) is 0 Å². The minimum Gasteiger partial charge on any atom is -0.466 e. The molecule has 2 heterocycles. The molecule has 0 fully saturated rings. The number of hydrogen-bond donors (Lipinski definition) is 0. The summed E-state index contributed by atoms with van der Waals surface area (Å²) >= 11 is 0. The zero-order chi connectivity index (χ0) is 28.4. The van der Waals surface area contributed by atoms with Crippen molar-refractivity contribution in [1.82, 2.24) is 0 Å². The topological polar surface area (TPSA) is 26.3 Å². The van der Waals surface area contributed by atoms with Crippen LogP contribution in [-0.4, -0.2) is 0 Å². The van der Waals surface area contributed by atoms with Crippen LogP contribution in [0.5, 0.6) is 0 Å². The highest BCUT2D eigenvalue weighted by Crippen LogP contribution is 2.17. The fraction of sp³-hybridized carbons (Fsp3) is 0.789. The lowest BCUT2D eigenvalue weighted by atomic mass is 10.0. The van der Waals surface area contributed by atoms with Crippen LogP contribution in [0.2, 0.25) is 0 Å². The van der Waals surface area contributed by atoms with Gasteiger partial charge in [-0.15, -0.1) is 0 Å². The van der Waals surface area contributed by atoms with Gasteiger partial charge < -0.3 is 8.83 Å². The van der Waals surface area contributed by atoms with E-state index >= 15 is 0 Å². The van der Waals surface area contributed by atoms with Gasteiger partial charge in [-0.3, -0.25) is 0 Å². The Kier molecular flexibility index (Phi) is 22.0. The van der Waals surface area contributed by atoms with Crippen molar-refractivity contribution in [3.63, 3.8) is 0 Å². The summed E-state index contributed by atoms with van der Waals surface area (Å²) in [4.78, 5) is 0. The minimum absolute atomic E-state index is 1.04. The summed E-state index contributed by atoms with van der Waals surface area (Å²) in [7, 11) is 0. The van der Waals surface area contributed by atoms with Crippen LogP contribution in [0.4, 0.5) is 0 Å². The zero-order valence-corrected chi connectivity index (χ0v) is 26.9.